The smallest absolute Gasteiger partial charge is 0.133 e. The molecule has 1 N–H and O–H groups in total. The zero-order valence-corrected chi connectivity index (χ0v) is 11.3. The van der Waals surface area contributed by atoms with Gasteiger partial charge in [-0.25, -0.2) is 4.39 Å². The summed E-state index contributed by atoms with van der Waals surface area (Å²) < 4.78 is 14.8. The Morgan fingerprint density at radius 2 is 2.05 bits per heavy atom. The van der Waals surface area contributed by atoms with Crippen molar-refractivity contribution in [3.8, 4) is 0 Å². The van der Waals surface area contributed by atoms with Gasteiger partial charge >= 0.3 is 0 Å². The van der Waals surface area contributed by atoms with Gasteiger partial charge in [-0.3, -0.25) is 0 Å². The molecule has 0 aliphatic heterocycles. The molecule has 2 aromatic rings. The third-order valence-electron chi connectivity index (χ3n) is 3.23. The highest BCUT2D eigenvalue weighted by molar-refractivity contribution is 5.19. The van der Waals surface area contributed by atoms with Gasteiger partial charge in [-0.15, -0.1) is 10.2 Å². The Morgan fingerprint density at radius 1 is 1.32 bits per heavy atom. The summed E-state index contributed by atoms with van der Waals surface area (Å²) in [6.45, 7) is 2.94. The van der Waals surface area contributed by atoms with Crippen LogP contribution in [0.15, 0.2) is 30.6 Å². The first-order chi connectivity index (χ1) is 9.20. The van der Waals surface area contributed by atoms with Crippen molar-refractivity contribution in [2.45, 2.75) is 25.8 Å². The van der Waals surface area contributed by atoms with Crippen LogP contribution < -0.4 is 5.32 Å². The topological polar surface area (TPSA) is 42.7 Å². The van der Waals surface area contributed by atoms with E-state index in [1.54, 1.807) is 6.33 Å². The van der Waals surface area contributed by atoms with Crippen molar-refractivity contribution in [3.05, 3.63) is 47.8 Å². The lowest BCUT2D eigenvalue weighted by Crippen LogP contribution is -2.24. The van der Waals surface area contributed by atoms with Crippen LogP contribution in [0.25, 0.3) is 0 Å². The average Bonchev–Trinajstić information content (AvgIpc) is 2.82. The van der Waals surface area contributed by atoms with Crippen molar-refractivity contribution in [3.63, 3.8) is 0 Å². The van der Waals surface area contributed by atoms with Gasteiger partial charge in [0.05, 0.1) is 0 Å². The first kappa shape index (κ1) is 13.7. The second-order valence-corrected chi connectivity index (χ2v) is 4.57. The van der Waals surface area contributed by atoms with Crippen molar-refractivity contribution in [1.29, 1.82) is 0 Å². The van der Waals surface area contributed by atoms with Gasteiger partial charge in [0.2, 0.25) is 0 Å². The zero-order chi connectivity index (χ0) is 13.7. The van der Waals surface area contributed by atoms with E-state index in [-0.39, 0.29) is 11.9 Å². The minimum absolute atomic E-state index is 0.197. The Kier molecular flexibility index (Phi) is 4.63. The van der Waals surface area contributed by atoms with Crippen LogP contribution in [0.3, 0.4) is 0 Å². The summed E-state index contributed by atoms with van der Waals surface area (Å²) in [6.07, 6.45) is 3.49. The van der Waals surface area contributed by atoms with E-state index in [0.717, 1.165) is 30.8 Å². The Morgan fingerprint density at radius 3 is 2.63 bits per heavy atom. The van der Waals surface area contributed by atoms with E-state index in [1.807, 2.05) is 23.7 Å². The van der Waals surface area contributed by atoms with E-state index in [1.165, 1.54) is 12.1 Å². The molecule has 1 heterocycles. The minimum atomic E-state index is -0.197. The quantitative estimate of drug-likeness (QED) is 0.868. The van der Waals surface area contributed by atoms with Gasteiger partial charge in [0.25, 0.3) is 0 Å². The molecular weight excluding hydrogens is 243 g/mol. The van der Waals surface area contributed by atoms with Crippen molar-refractivity contribution in [2.75, 3.05) is 6.54 Å². The normalized spacial score (nSPS) is 12.6. The molecule has 0 radical (unpaired) electrons. The van der Waals surface area contributed by atoms with Crippen molar-refractivity contribution in [1.82, 2.24) is 20.1 Å². The number of aryl methyl sites for hydroxylation is 1. The molecule has 4 nitrogen and oxygen atoms in total. The lowest BCUT2D eigenvalue weighted by molar-refractivity contribution is 0.514. The summed E-state index contributed by atoms with van der Waals surface area (Å²) in [5.74, 6) is 0.763. The molecule has 0 saturated carbocycles. The Hall–Kier alpha value is -1.75. The van der Waals surface area contributed by atoms with Gasteiger partial charge in [0.15, 0.2) is 0 Å². The predicted molar refractivity (Wildman–Crippen MR) is 72.1 cm³/mol. The highest BCUT2D eigenvalue weighted by atomic mass is 19.1. The number of nitrogens with zero attached hydrogens (tertiary/aromatic N) is 3. The number of nitrogens with one attached hydrogen (secondary N) is 1. The lowest BCUT2D eigenvalue weighted by atomic mass is 10.0. The number of benzene rings is 1. The molecule has 19 heavy (non-hydrogen) atoms. The molecule has 2 rings (SSSR count). The van der Waals surface area contributed by atoms with Crippen molar-refractivity contribution >= 4 is 0 Å². The first-order valence-corrected chi connectivity index (χ1v) is 6.52. The molecule has 0 aliphatic rings. The zero-order valence-electron chi connectivity index (χ0n) is 11.3. The maximum atomic E-state index is 12.9. The van der Waals surface area contributed by atoms with Crippen LogP contribution in [-0.2, 0) is 13.5 Å². The van der Waals surface area contributed by atoms with Crippen LogP contribution in [0.1, 0.15) is 30.8 Å². The van der Waals surface area contributed by atoms with E-state index in [2.05, 4.69) is 22.4 Å². The molecule has 1 aromatic carbocycles. The number of aromatic nitrogens is 3. The molecule has 102 valence electrons. The van der Waals surface area contributed by atoms with E-state index < -0.39 is 0 Å². The highest BCUT2D eigenvalue weighted by Crippen LogP contribution is 2.16. The van der Waals surface area contributed by atoms with Crippen LogP contribution in [0.2, 0.25) is 0 Å². The molecule has 0 amide bonds. The highest BCUT2D eigenvalue weighted by Gasteiger charge is 2.09. The van der Waals surface area contributed by atoms with E-state index >= 15 is 0 Å². The molecule has 1 atom stereocenters. The second kappa shape index (κ2) is 6.43. The number of rotatable bonds is 6. The van der Waals surface area contributed by atoms with Gasteiger partial charge in [0, 0.05) is 26.1 Å². The average molecular weight is 262 g/mol. The Labute approximate surface area is 112 Å². The molecular formula is C14H19FN4. The fourth-order valence-electron chi connectivity index (χ4n) is 2.08. The first-order valence-electron chi connectivity index (χ1n) is 6.52. The molecule has 0 saturated heterocycles. The third kappa shape index (κ3) is 3.61. The van der Waals surface area contributed by atoms with Gasteiger partial charge in [0.1, 0.15) is 18.0 Å². The minimum Gasteiger partial charge on any atom is -0.321 e. The van der Waals surface area contributed by atoms with Gasteiger partial charge in [-0.1, -0.05) is 19.1 Å². The molecule has 0 spiro atoms. The maximum Gasteiger partial charge on any atom is 0.133 e. The molecule has 1 unspecified atom stereocenters. The van der Waals surface area contributed by atoms with Crippen LogP contribution >= 0.6 is 0 Å². The fourth-order valence-corrected chi connectivity index (χ4v) is 2.08. The van der Waals surface area contributed by atoms with Gasteiger partial charge in [-0.05, 0) is 24.1 Å². The fraction of sp³-hybridized carbons (Fsp3) is 0.429. The maximum absolute atomic E-state index is 12.9. The van der Waals surface area contributed by atoms with Gasteiger partial charge < -0.3 is 9.88 Å². The third-order valence-corrected chi connectivity index (χ3v) is 3.23. The van der Waals surface area contributed by atoms with Crippen molar-refractivity contribution in [2.24, 2.45) is 7.05 Å². The number of halogens is 1. The standard InChI is InChI=1S/C14H19FN4/c1-3-13(11-4-6-12(15)7-5-11)16-9-8-14-18-17-10-19(14)2/h4-7,10,13,16H,3,8-9H2,1-2H3. The number of hydrogen-bond acceptors (Lipinski definition) is 3. The van der Waals surface area contributed by atoms with Crippen LogP contribution in [0.4, 0.5) is 4.39 Å². The number of hydrogen-bond donors (Lipinski definition) is 1. The van der Waals surface area contributed by atoms with Crippen LogP contribution in [0.5, 0.6) is 0 Å². The monoisotopic (exact) mass is 262 g/mol. The van der Waals surface area contributed by atoms with E-state index in [9.17, 15) is 4.39 Å². The Balaban J connectivity index is 1.89. The van der Waals surface area contributed by atoms with Crippen LogP contribution in [-0.4, -0.2) is 21.3 Å². The summed E-state index contributed by atoms with van der Waals surface area (Å²) in [7, 11) is 1.94. The summed E-state index contributed by atoms with van der Waals surface area (Å²) in [5, 5.41) is 11.4. The summed E-state index contributed by atoms with van der Waals surface area (Å²) in [4.78, 5) is 0. The Bertz CT molecular complexity index is 506. The molecule has 0 fully saturated rings. The SMILES string of the molecule is CCC(NCCc1nncn1C)c1ccc(F)cc1. The lowest BCUT2D eigenvalue weighted by Gasteiger charge is -2.17. The molecule has 5 heteroatoms. The molecule has 1 aromatic heterocycles. The van der Waals surface area contributed by atoms with Gasteiger partial charge in [-0.2, -0.15) is 0 Å². The summed E-state index contributed by atoms with van der Waals surface area (Å²) in [6, 6.07) is 6.91. The summed E-state index contributed by atoms with van der Waals surface area (Å²) in [5.41, 5.74) is 1.11. The van der Waals surface area contributed by atoms with E-state index in [4.69, 9.17) is 0 Å². The molecule has 0 bridgehead atoms. The second-order valence-electron chi connectivity index (χ2n) is 4.57. The van der Waals surface area contributed by atoms with Crippen LogP contribution in [0, 0.1) is 5.82 Å². The largest absolute Gasteiger partial charge is 0.321 e. The van der Waals surface area contributed by atoms with E-state index in [0.29, 0.717) is 0 Å². The summed E-state index contributed by atoms with van der Waals surface area (Å²) >= 11 is 0. The molecule has 0 aliphatic carbocycles. The predicted octanol–water partition coefficient (Wildman–Crippen LogP) is 2.24. The van der Waals surface area contributed by atoms with Crippen molar-refractivity contribution < 1.29 is 4.39 Å².